The largest absolute Gasteiger partial charge is 0.473 e. The minimum Gasteiger partial charge on any atom is -0.473 e. The third-order valence-electron chi connectivity index (χ3n) is 5.77. The number of aryl methyl sites for hydroxylation is 1. The van der Waals surface area contributed by atoms with Crippen molar-refractivity contribution in [3.63, 3.8) is 0 Å². The lowest BCUT2D eigenvalue weighted by atomic mass is 10.0. The molecule has 3 rings (SSSR count). The summed E-state index contributed by atoms with van der Waals surface area (Å²) in [5.74, 6) is -0.526. The number of nitrogens with one attached hydrogen (secondary N) is 1. The molecule has 1 aromatic heterocycles. The number of benzene rings is 2. The van der Waals surface area contributed by atoms with E-state index in [1.807, 2.05) is 12.1 Å². The minimum atomic E-state index is -4.57. The third kappa shape index (κ3) is 7.82. The summed E-state index contributed by atoms with van der Waals surface area (Å²) >= 11 is 1.34. The van der Waals surface area contributed by atoms with Gasteiger partial charge >= 0.3 is 12.1 Å². The zero-order valence-corrected chi connectivity index (χ0v) is 22.7. The van der Waals surface area contributed by atoms with E-state index in [0.29, 0.717) is 4.88 Å². The smallest absolute Gasteiger partial charge is 0.417 e. The first-order valence-corrected chi connectivity index (χ1v) is 13.2. The van der Waals surface area contributed by atoms with Gasteiger partial charge in [0.15, 0.2) is 12.0 Å². The number of halogens is 3. The molecule has 0 fully saturated rings. The SMILES string of the molecule is C=C(C)C(=O)OC(C)NC(C)(C)Oc1ccc(-c2cc3cc(CCCCC)ccc3s2)c(C(F)(F)F)c1. The van der Waals surface area contributed by atoms with Crippen LogP contribution in [0, 0.1) is 0 Å². The average molecular weight is 534 g/mol. The topological polar surface area (TPSA) is 47.6 Å². The molecule has 0 radical (unpaired) electrons. The Kier molecular flexibility index (Phi) is 9.08. The molecule has 0 aliphatic carbocycles. The normalized spacial score (nSPS) is 13.0. The Bertz CT molecular complexity index is 1260. The lowest BCUT2D eigenvalue weighted by Crippen LogP contribution is -2.50. The van der Waals surface area contributed by atoms with E-state index >= 15 is 0 Å². The van der Waals surface area contributed by atoms with Crippen molar-refractivity contribution >= 4 is 27.4 Å². The first-order chi connectivity index (χ1) is 17.3. The van der Waals surface area contributed by atoms with Crippen LogP contribution in [0.2, 0.25) is 0 Å². The van der Waals surface area contributed by atoms with Crippen molar-refractivity contribution in [2.75, 3.05) is 0 Å². The maximum atomic E-state index is 14.1. The minimum absolute atomic E-state index is 0.0475. The predicted octanol–water partition coefficient (Wildman–Crippen LogP) is 8.49. The Morgan fingerprint density at radius 3 is 2.49 bits per heavy atom. The van der Waals surface area contributed by atoms with Gasteiger partial charge in [-0.25, -0.2) is 10.1 Å². The maximum absolute atomic E-state index is 14.1. The highest BCUT2D eigenvalue weighted by Crippen LogP contribution is 2.43. The molecular formula is C29H34F3NO3S. The zero-order valence-electron chi connectivity index (χ0n) is 21.9. The molecule has 0 saturated heterocycles. The number of thiophene rings is 1. The van der Waals surface area contributed by atoms with Gasteiger partial charge in [-0.05, 0) is 81.8 Å². The van der Waals surface area contributed by atoms with Gasteiger partial charge in [0.1, 0.15) is 5.75 Å². The van der Waals surface area contributed by atoms with Crippen LogP contribution in [0.15, 0.2) is 54.6 Å². The van der Waals surface area contributed by atoms with Gasteiger partial charge in [0.25, 0.3) is 0 Å². The van der Waals surface area contributed by atoms with Crippen LogP contribution in [-0.2, 0) is 22.1 Å². The van der Waals surface area contributed by atoms with E-state index in [0.717, 1.165) is 41.8 Å². The van der Waals surface area contributed by atoms with Crippen molar-refractivity contribution in [2.24, 2.45) is 0 Å². The molecule has 0 saturated carbocycles. The fourth-order valence-electron chi connectivity index (χ4n) is 4.10. The van der Waals surface area contributed by atoms with E-state index in [2.05, 4.69) is 31.0 Å². The monoisotopic (exact) mass is 533 g/mol. The average Bonchev–Trinajstić information content (AvgIpc) is 3.21. The molecule has 3 aromatic rings. The van der Waals surface area contributed by atoms with Gasteiger partial charge < -0.3 is 9.47 Å². The molecule has 1 unspecified atom stereocenters. The van der Waals surface area contributed by atoms with Crippen molar-refractivity contribution in [1.82, 2.24) is 5.32 Å². The summed E-state index contributed by atoms with van der Waals surface area (Å²) in [7, 11) is 0. The first-order valence-electron chi connectivity index (χ1n) is 12.4. The summed E-state index contributed by atoms with van der Waals surface area (Å²) in [5, 5.41) is 3.90. The standard InChI is InChI=1S/C29H34F3NO3S/c1-7-8-9-10-20-11-14-25-21(15-20)16-26(37-25)23-13-12-22(17-24(23)29(30,31)32)36-28(5,6)33-19(4)35-27(34)18(2)3/h11-17,19,33H,2,7-10H2,1,3-6H3. The van der Waals surface area contributed by atoms with Crippen LogP contribution in [0.4, 0.5) is 13.2 Å². The van der Waals surface area contributed by atoms with Crippen LogP contribution in [-0.4, -0.2) is 17.9 Å². The number of hydrogen-bond donors (Lipinski definition) is 1. The molecular weight excluding hydrogens is 499 g/mol. The number of fused-ring (bicyclic) bond motifs is 1. The number of ether oxygens (including phenoxy) is 2. The molecule has 0 bridgehead atoms. The summed E-state index contributed by atoms with van der Waals surface area (Å²) in [4.78, 5) is 12.3. The fraction of sp³-hybridized carbons (Fsp3) is 0.414. The molecule has 1 atom stereocenters. The summed E-state index contributed by atoms with van der Waals surface area (Å²) in [6, 6.07) is 12.0. The predicted molar refractivity (Wildman–Crippen MR) is 144 cm³/mol. The van der Waals surface area contributed by atoms with Crippen LogP contribution in [0.5, 0.6) is 5.75 Å². The van der Waals surface area contributed by atoms with E-state index in [1.54, 1.807) is 20.8 Å². The molecule has 0 amide bonds. The second kappa shape index (κ2) is 11.7. The van der Waals surface area contributed by atoms with Crippen LogP contribution in [0.1, 0.15) is 65.0 Å². The number of esters is 1. The number of carbonyl (C=O) groups is 1. The summed E-state index contributed by atoms with van der Waals surface area (Å²) < 4.78 is 54.4. The molecule has 200 valence electrons. The summed E-state index contributed by atoms with van der Waals surface area (Å²) in [5.41, 5.74) is -0.333. The van der Waals surface area contributed by atoms with E-state index in [4.69, 9.17) is 9.47 Å². The molecule has 2 aromatic carbocycles. The van der Waals surface area contributed by atoms with Gasteiger partial charge in [-0.15, -0.1) is 11.3 Å². The molecule has 1 N–H and O–H groups in total. The molecule has 1 heterocycles. The second-order valence-corrected chi connectivity index (χ2v) is 10.8. The molecule has 0 aliphatic rings. The van der Waals surface area contributed by atoms with Gasteiger partial charge in [-0.3, -0.25) is 0 Å². The van der Waals surface area contributed by atoms with Gasteiger partial charge in [0.2, 0.25) is 0 Å². The number of alkyl halides is 3. The Morgan fingerprint density at radius 1 is 1.11 bits per heavy atom. The van der Waals surface area contributed by atoms with E-state index in [-0.39, 0.29) is 16.9 Å². The first kappa shape index (κ1) is 28.7. The van der Waals surface area contributed by atoms with Crippen molar-refractivity contribution in [3.8, 4) is 16.2 Å². The van der Waals surface area contributed by atoms with Gasteiger partial charge in [-0.1, -0.05) is 38.5 Å². The lowest BCUT2D eigenvalue weighted by Gasteiger charge is -2.31. The number of hydrogen-bond acceptors (Lipinski definition) is 5. The Balaban J connectivity index is 1.85. The van der Waals surface area contributed by atoms with E-state index in [9.17, 15) is 18.0 Å². The summed E-state index contributed by atoms with van der Waals surface area (Å²) in [6.45, 7) is 12.1. The van der Waals surface area contributed by atoms with Crippen molar-refractivity contribution in [1.29, 1.82) is 0 Å². The van der Waals surface area contributed by atoms with Crippen LogP contribution in [0.3, 0.4) is 0 Å². The Hall–Kier alpha value is -2.84. The second-order valence-electron chi connectivity index (χ2n) is 9.73. The van der Waals surface area contributed by atoms with Crippen LogP contribution >= 0.6 is 11.3 Å². The molecule has 0 spiro atoms. The lowest BCUT2D eigenvalue weighted by molar-refractivity contribution is -0.148. The van der Waals surface area contributed by atoms with E-state index < -0.39 is 29.7 Å². The van der Waals surface area contributed by atoms with Crippen molar-refractivity contribution in [2.45, 2.75) is 78.4 Å². The molecule has 37 heavy (non-hydrogen) atoms. The highest BCUT2D eigenvalue weighted by atomic mass is 32.1. The molecule has 4 nitrogen and oxygen atoms in total. The van der Waals surface area contributed by atoms with Gasteiger partial charge in [0, 0.05) is 20.7 Å². The van der Waals surface area contributed by atoms with Gasteiger partial charge in [0.05, 0.1) is 5.56 Å². The zero-order chi connectivity index (χ0) is 27.4. The quantitative estimate of drug-likeness (QED) is 0.116. The number of rotatable bonds is 11. The number of carbonyl (C=O) groups excluding carboxylic acids is 1. The van der Waals surface area contributed by atoms with Crippen molar-refractivity contribution < 1.29 is 27.4 Å². The number of unbranched alkanes of at least 4 members (excludes halogenated alkanes) is 2. The molecule has 8 heteroatoms. The Morgan fingerprint density at radius 2 is 1.84 bits per heavy atom. The van der Waals surface area contributed by atoms with Crippen LogP contribution in [0.25, 0.3) is 20.5 Å². The highest BCUT2D eigenvalue weighted by molar-refractivity contribution is 7.22. The highest BCUT2D eigenvalue weighted by Gasteiger charge is 2.35. The third-order valence-corrected chi connectivity index (χ3v) is 6.92. The van der Waals surface area contributed by atoms with Gasteiger partial charge in [-0.2, -0.15) is 13.2 Å². The van der Waals surface area contributed by atoms with Crippen LogP contribution < -0.4 is 10.1 Å². The fourth-order valence-corrected chi connectivity index (χ4v) is 5.18. The Labute approximate surface area is 220 Å². The summed E-state index contributed by atoms with van der Waals surface area (Å²) in [6.07, 6.45) is -0.965. The van der Waals surface area contributed by atoms with E-state index in [1.165, 1.54) is 36.0 Å². The maximum Gasteiger partial charge on any atom is 0.417 e. The van der Waals surface area contributed by atoms with Crippen molar-refractivity contribution in [3.05, 3.63) is 65.7 Å². The molecule has 0 aliphatic heterocycles.